The van der Waals surface area contributed by atoms with Crippen molar-refractivity contribution in [2.75, 3.05) is 18.8 Å². The SMILES string of the molecule is O=C(NC1=N[C@@]2(c3ccns3)CNC[C@H]2CS1)c1ccccc1. The van der Waals surface area contributed by atoms with E-state index in [1.165, 1.54) is 16.4 Å². The molecule has 2 aromatic rings. The second-order valence-electron chi connectivity index (χ2n) is 5.68. The van der Waals surface area contributed by atoms with Crippen LogP contribution in [0.4, 0.5) is 0 Å². The van der Waals surface area contributed by atoms with Crippen LogP contribution in [-0.4, -0.2) is 34.3 Å². The molecule has 23 heavy (non-hydrogen) atoms. The molecule has 2 N–H and O–H groups in total. The number of fused-ring (bicyclic) bond motifs is 1. The predicted molar refractivity (Wildman–Crippen MR) is 94.0 cm³/mol. The van der Waals surface area contributed by atoms with E-state index in [0.717, 1.165) is 18.8 Å². The highest BCUT2D eigenvalue weighted by Gasteiger charge is 2.48. The van der Waals surface area contributed by atoms with Crippen LogP contribution in [-0.2, 0) is 5.54 Å². The minimum atomic E-state index is -0.286. The van der Waals surface area contributed by atoms with Gasteiger partial charge < -0.3 is 10.6 Å². The Morgan fingerprint density at radius 3 is 2.96 bits per heavy atom. The molecule has 0 radical (unpaired) electrons. The summed E-state index contributed by atoms with van der Waals surface area (Å²) in [6.07, 6.45) is 1.82. The monoisotopic (exact) mass is 344 g/mol. The number of aliphatic imine (C=N–C) groups is 1. The van der Waals surface area contributed by atoms with E-state index >= 15 is 0 Å². The van der Waals surface area contributed by atoms with Crippen LogP contribution in [0.1, 0.15) is 15.2 Å². The van der Waals surface area contributed by atoms with Gasteiger partial charge in [0, 0.05) is 36.5 Å². The van der Waals surface area contributed by atoms with Gasteiger partial charge in [-0.1, -0.05) is 30.0 Å². The lowest BCUT2D eigenvalue weighted by Gasteiger charge is -2.34. The predicted octanol–water partition coefficient (Wildman–Crippen LogP) is 2.09. The van der Waals surface area contributed by atoms with Crippen molar-refractivity contribution in [2.45, 2.75) is 5.54 Å². The van der Waals surface area contributed by atoms with Crippen LogP contribution < -0.4 is 10.6 Å². The summed E-state index contributed by atoms with van der Waals surface area (Å²) in [5.41, 5.74) is 0.362. The summed E-state index contributed by atoms with van der Waals surface area (Å²) < 4.78 is 4.24. The highest BCUT2D eigenvalue weighted by atomic mass is 32.2. The highest BCUT2D eigenvalue weighted by molar-refractivity contribution is 8.13. The van der Waals surface area contributed by atoms with E-state index in [2.05, 4.69) is 15.0 Å². The number of nitrogens with zero attached hydrogens (tertiary/aromatic N) is 2. The second-order valence-corrected chi connectivity index (χ2v) is 7.52. The molecule has 118 valence electrons. The van der Waals surface area contributed by atoms with Crippen molar-refractivity contribution in [3.8, 4) is 0 Å². The van der Waals surface area contributed by atoms with Gasteiger partial charge in [-0.2, -0.15) is 0 Å². The molecule has 5 nitrogen and oxygen atoms in total. The number of aromatic nitrogens is 1. The quantitative estimate of drug-likeness (QED) is 0.875. The lowest BCUT2D eigenvalue weighted by Crippen LogP contribution is -2.42. The topological polar surface area (TPSA) is 66.4 Å². The third kappa shape index (κ3) is 2.69. The molecule has 1 amide bonds. The maximum absolute atomic E-state index is 12.4. The number of thioether (sulfide) groups is 1. The molecule has 2 aliphatic heterocycles. The molecule has 3 heterocycles. The first kappa shape index (κ1) is 14.9. The van der Waals surface area contributed by atoms with Crippen LogP contribution in [0.25, 0.3) is 0 Å². The molecule has 0 spiro atoms. The Kier molecular flexibility index (Phi) is 3.92. The summed E-state index contributed by atoms with van der Waals surface area (Å²) in [6.45, 7) is 1.75. The molecule has 1 aromatic carbocycles. The number of amides is 1. The third-order valence-corrected chi connectivity index (χ3v) is 6.25. The van der Waals surface area contributed by atoms with Crippen LogP contribution in [0.15, 0.2) is 47.6 Å². The zero-order valence-electron chi connectivity index (χ0n) is 12.4. The Hall–Kier alpha value is -1.70. The van der Waals surface area contributed by atoms with Crippen LogP contribution in [0, 0.1) is 5.92 Å². The van der Waals surface area contributed by atoms with E-state index in [9.17, 15) is 4.79 Å². The van der Waals surface area contributed by atoms with Gasteiger partial charge in [0.2, 0.25) is 0 Å². The molecule has 1 saturated heterocycles. The summed E-state index contributed by atoms with van der Waals surface area (Å²) in [5, 5.41) is 7.11. The molecule has 0 unspecified atom stereocenters. The molecule has 1 fully saturated rings. The van der Waals surface area contributed by atoms with Gasteiger partial charge in [-0.15, -0.1) is 0 Å². The second kappa shape index (κ2) is 6.07. The minimum absolute atomic E-state index is 0.110. The fraction of sp³-hybridized carbons (Fsp3) is 0.312. The number of benzene rings is 1. The maximum atomic E-state index is 12.4. The summed E-state index contributed by atoms with van der Waals surface area (Å²) in [5.74, 6) is 1.27. The molecule has 4 rings (SSSR count). The number of nitrogens with one attached hydrogen (secondary N) is 2. The van der Waals surface area contributed by atoms with E-state index in [1.807, 2.05) is 42.6 Å². The van der Waals surface area contributed by atoms with Gasteiger partial charge in [0.1, 0.15) is 5.54 Å². The normalized spacial score (nSPS) is 26.4. The van der Waals surface area contributed by atoms with Crippen molar-refractivity contribution in [1.29, 1.82) is 0 Å². The average Bonchev–Trinajstić information content (AvgIpc) is 3.25. The van der Waals surface area contributed by atoms with E-state index in [1.54, 1.807) is 11.8 Å². The van der Waals surface area contributed by atoms with Crippen molar-refractivity contribution < 1.29 is 4.79 Å². The molecular weight excluding hydrogens is 328 g/mol. The molecular formula is C16H16N4OS2. The summed E-state index contributed by atoms with van der Waals surface area (Å²) in [4.78, 5) is 18.5. The van der Waals surface area contributed by atoms with Crippen LogP contribution in [0.2, 0.25) is 0 Å². The van der Waals surface area contributed by atoms with Crippen LogP contribution >= 0.6 is 23.3 Å². The number of hydrogen-bond donors (Lipinski definition) is 2. The van der Waals surface area contributed by atoms with Crippen molar-refractivity contribution >= 4 is 34.4 Å². The lowest BCUT2D eigenvalue weighted by molar-refractivity contribution is 0.0977. The number of rotatable bonds is 2. The Morgan fingerprint density at radius 1 is 1.30 bits per heavy atom. The fourth-order valence-electron chi connectivity index (χ4n) is 3.08. The first-order valence-corrected chi connectivity index (χ1v) is 9.25. The Labute approximate surface area is 142 Å². The van der Waals surface area contributed by atoms with Gasteiger partial charge in [0.05, 0.1) is 4.88 Å². The molecule has 2 aliphatic rings. The lowest BCUT2D eigenvalue weighted by atomic mass is 9.87. The summed E-state index contributed by atoms with van der Waals surface area (Å²) >= 11 is 3.12. The van der Waals surface area contributed by atoms with Gasteiger partial charge in [-0.25, -0.2) is 9.37 Å². The zero-order chi connectivity index (χ0) is 15.7. The first-order valence-electron chi connectivity index (χ1n) is 7.49. The number of amidine groups is 1. The van der Waals surface area contributed by atoms with Crippen molar-refractivity contribution in [2.24, 2.45) is 10.9 Å². The number of carbonyl (C=O) groups excluding carboxylic acids is 1. The van der Waals surface area contributed by atoms with Gasteiger partial charge in [0.15, 0.2) is 5.17 Å². The molecule has 7 heteroatoms. The smallest absolute Gasteiger partial charge is 0.257 e. The van der Waals surface area contributed by atoms with E-state index in [4.69, 9.17) is 4.99 Å². The average molecular weight is 344 g/mol. The molecule has 1 aromatic heterocycles. The van der Waals surface area contributed by atoms with Crippen LogP contribution in [0.5, 0.6) is 0 Å². The van der Waals surface area contributed by atoms with Gasteiger partial charge >= 0.3 is 0 Å². The maximum Gasteiger partial charge on any atom is 0.257 e. The van der Waals surface area contributed by atoms with Gasteiger partial charge in [0.25, 0.3) is 5.91 Å². The number of carbonyl (C=O) groups is 1. The van der Waals surface area contributed by atoms with Crippen molar-refractivity contribution in [1.82, 2.24) is 15.0 Å². The minimum Gasteiger partial charge on any atom is -0.314 e. The van der Waals surface area contributed by atoms with Crippen molar-refractivity contribution in [3.05, 3.63) is 53.0 Å². The Morgan fingerprint density at radius 2 is 2.17 bits per heavy atom. The standard InChI is InChI=1S/C16H16N4OS2/c21-14(11-4-2-1-3-5-11)19-15-20-16(13-6-7-18-23-13)10-17-8-12(16)9-22-15/h1-7,12,17H,8-10H2,(H,19,20,21)/t12-,16-/m0/s1. The summed E-state index contributed by atoms with van der Waals surface area (Å²) in [6, 6.07) is 11.3. The molecule has 0 bridgehead atoms. The summed E-state index contributed by atoms with van der Waals surface area (Å²) in [7, 11) is 0. The van der Waals surface area contributed by atoms with E-state index in [-0.39, 0.29) is 11.4 Å². The Bertz CT molecular complexity index is 732. The first-order chi connectivity index (χ1) is 11.3. The molecule has 2 atom stereocenters. The van der Waals surface area contributed by atoms with Crippen molar-refractivity contribution in [3.63, 3.8) is 0 Å². The molecule has 0 aliphatic carbocycles. The van der Waals surface area contributed by atoms with Gasteiger partial charge in [-0.3, -0.25) is 4.79 Å². The Balaban J connectivity index is 1.62. The fourth-order valence-corrected chi connectivity index (χ4v) is 5.02. The largest absolute Gasteiger partial charge is 0.314 e. The highest BCUT2D eigenvalue weighted by Crippen LogP contribution is 2.43. The van der Waals surface area contributed by atoms with Gasteiger partial charge in [-0.05, 0) is 29.7 Å². The zero-order valence-corrected chi connectivity index (χ0v) is 14.0. The van der Waals surface area contributed by atoms with E-state index < -0.39 is 0 Å². The number of hydrogen-bond acceptors (Lipinski definition) is 6. The van der Waals surface area contributed by atoms with Crippen LogP contribution in [0.3, 0.4) is 0 Å². The van der Waals surface area contributed by atoms with E-state index in [0.29, 0.717) is 16.6 Å². The molecule has 0 saturated carbocycles. The third-order valence-electron chi connectivity index (χ3n) is 4.30.